The van der Waals surface area contributed by atoms with Gasteiger partial charge in [-0.15, -0.1) is 11.3 Å². The van der Waals surface area contributed by atoms with Crippen molar-refractivity contribution in [2.45, 2.75) is 12.8 Å². The van der Waals surface area contributed by atoms with E-state index in [1.807, 2.05) is 24.3 Å². The van der Waals surface area contributed by atoms with Crippen LogP contribution in [0.5, 0.6) is 0 Å². The topological polar surface area (TPSA) is 139 Å². The largest absolute Gasteiger partial charge is 0.481 e. The summed E-state index contributed by atoms with van der Waals surface area (Å²) in [4.78, 5) is 48.1. The molecule has 5 rings (SSSR count). The van der Waals surface area contributed by atoms with Crippen molar-refractivity contribution in [3.8, 4) is 23.1 Å². The highest BCUT2D eigenvalue weighted by atomic mass is 32.1. The number of aromatic nitrogens is 2. The van der Waals surface area contributed by atoms with Gasteiger partial charge in [-0.3, -0.25) is 24.8 Å². The third kappa shape index (κ3) is 5.25. The van der Waals surface area contributed by atoms with Crippen LogP contribution in [0, 0.1) is 17.8 Å². The number of carbonyl (C=O) groups is 3. The van der Waals surface area contributed by atoms with E-state index < -0.39 is 17.8 Å². The monoisotopic (exact) mass is 525 g/mol. The van der Waals surface area contributed by atoms with Crippen molar-refractivity contribution in [2.75, 3.05) is 13.1 Å². The number of rotatable bonds is 4. The molecule has 1 aromatic carbocycles. The van der Waals surface area contributed by atoms with Crippen LogP contribution in [0.4, 0.5) is 0 Å². The van der Waals surface area contributed by atoms with E-state index in [2.05, 4.69) is 27.2 Å². The lowest BCUT2D eigenvalue weighted by molar-refractivity contribution is -0.143. The Morgan fingerprint density at radius 3 is 2.68 bits per heavy atom. The number of aliphatic carboxylic acids is 1. The zero-order chi connectivity index (χ0) is 26.6. The number of hydrazine groups is 1. The Hall–Kier alpha value is -4.59. The smallest absolute Gasteiger partial charge is 0.308 e. The molecule has 3 aromatic heterocycles. The first-order valence-electron chi connectivity index (χ1n) is 11.9. The van der Waals surface area contributed by atoms with Crippen LogP contribution in [0.1, 0.15) is 43.3 Å². The highest BCUT2D eigenvalue weighted by Crippen LogP contribution is 2.25. The number of carboxylic acids is 1. The van der Waals surface area contributed by atoms with Crippen LogP contribution in [-0.4, -0.2) is 50.8 Å². The maximum atomic E-state index is 12.8. The second-order valence-electron chi connectivity index (χ2n) is 8.84. The van der Waals surface area contributed by atoms with E-state index in [1.54, 1.807) is 41.6 Å². The number of likely N-dealkylation sites (tertiary alicyclic amines) is 1. The summed E-state index contributed by atoms with van der Waals surface area (Å²) in [7, 11) is 0. The molecule has 1 aliphatic heterocycles. The average Bonchev–Trinajstić information content (AvgIpc) is 3.44. The number of carboxylic acid groups (broad SMARTS) is 1. The van der Waals surface area contributed by atoms with Gasteiger partial charge >= 0.3 is 5.97 Å². The van der Waals surface area contributed by atoms with Gasteiger partial charge in [0.2, 0.25) is 0 Å². The molecule has 4 N–H and O–H groups in total. The Morgan fingerprint density at radius 1 is 1.11 bits per heavy atom. The Morgan fingerprint density at radius 2 is 1.92 bits per heavy atom. The minimum atomic E-state index is -0.860. The zero-order valence-electron chi connectivity index (χ0n) is 20.2. The SMILES string of the molecule is NNC(=O)c1cc(-c2ccc(C#Cc3ccc(C(=O)N4CCCC(C(=O)O)C4)s3)cc2)nc2ccncc12. The fraction of sp³-hybridized carbons (Fsp3) is 0.179. The van der Waals surface area contributed by atoms with Gasteiger partial charge in [-0.2, -0.15) is 0 Å². The van der Waals surface area contributed by atoms with Gasteiger partial charge < -0.3 is 10.0 Å². The molecule has 0 bridgehead atoms. The molecule has 10 heteroatoms. The first kappa shape index (κ1) is 25.1. The summed E-state index contributed by atoms with van der Waals surface area (Å²) >= 11 is 1.30. The normalized spacial score (nSPS) is 15.0. The van der Waals surface area contributed by atoms with Crippen molar-refractivity contribution in [3.63, 3.8) is 0 Å². The first-order valence-corrected chi connectivity index (χ1v) is 12.7. The number of fused-ring (bicyclic) bond motifs is 1. The molecule has 1 saturated heterocycles. The lowest BCUT2D eigenvalue weighted by Gasteiger charge is -2.30. The molecule has 1 atom stereocenters. The van der Waals surface area contributed by atoms with Crippen molar-refractivity contribution < 1.29 is 19.5 Å². The fourth-order valence-electron chi connectivity index (χ4n) is 4.38. The summed E-state index contributed by atoms with van der Waals surface area (Å²) < 4.78 is 0. The van der Waals surface area contributed by atoms with E-state index in [9.17, 15) is 19.5 Å². The van der Waals surface area contributed by atoms with Crippen LogP contribution < -0.4 is 11.3 Å². The summed E-state index contributed by atoms with van der Waals surface area (Å²) in [5.41, 5.74) is 5.39. The molecular weight excluding hydrogens is 502 g/mol. The lowest BCUT2D eigenvalue weighted by Crippen LogP contribution is -2.42. The van der Waals surface area contributed by atoms with Gasteiger partial charge in [0, 0.05) is 42.0 Å². The Labute approximate surface area is 222 Å². The van der Waals surface area contributed by atoms with Gasteiger partial charge in [0.25, 0.3) is 11.8 Å². The number of nitrogens with zero attached hydrogens (tertiary/aromatic N) is 3. The van der Waals surface area contributed by atoms with Gasteiger partial charge in [-0.25, -0.2) is 10.8 Å². The molecule has 0 spiro atoms. The van der Waals surface area contributed by atoms with E-state index in [-0.39, 0.29) is 12.5 Å². The van der Waals surface area contributed by atoms with Crippen LogP contribution in [0.2, 0.25) is 0 Å². The van der Waals surface area contributed by atoms with Gasteiger partial charge in [0.1, 0.15) is 0 Å². The summed E-state index contributed by atoms with van der Waals surface area (Å²) in [6.45, 7) is 0.802. The van der Waals surface area contributed by atoms with E-state index >= 15 is 0 Å². The number of piperidine rings is 1. The van der Waals surface area contributed by atoms with Crippen LogP contribution >= 0.6 is 11.3 Å². The Bertz CT molecular complexity index is 1600. The average molecular weight is 526 g/mol. The second-order valence-corrected chi connectivity index (χ2v) is 9.92. The molecule has 0 saturated carbocycles. The van der Waals surface area contributed by atoms with E-state index in [0.717, 1.165) is 16.0 Å². The third-order valence-electron chi connectivity index (χ3n) is 6.37. The summed E-state index contributed by atoms with van der Waals surface area (Å²) in [5.74, 6) is 9.61. The summed E-state index contributed by atoms with van der Waals surface area (Å²) in [5, 5.41) is 9.89. The number of amides is 2. The van der Waals surface area contributed by atoms with Crippen LogP contribution in [0.25, 0.3) is 22.2 Å². The number of thiophene rings is 1. The van der Waals surface area contributed by atoms with Crippen molar-refractivity contribution in [3.05, 3.63) is 81.8 Å². The molecule has 1 fully saturated rings. The lowest BCUT2D eigenvalue weighted by atomic mass is 9.98. The fourth-order valence-corrected chi connectivity index (χ4v) is 5.21. The van der Waals surface area contributed by atoms with E-state index in [1.165, 1.54) is 11.3 Å². The number of hydrogen-bond acceptors (Lipinski definition) is 7. The highest BCUT2D eigenvalue weighted by Gasteiger charge is 2.29. The number of hydrogen-bond donors (Lipinski definition) is 3. The minimum Gasteiger partial charge on any atom is -0.481 e. The predicted molar refractivity (Wildman–Crippen MR) is 143 cm³/mol. The maximum Gasteiger partial charge on any atom is 0.308 e. The third-order valence-corrected chi connectivity index (χ3v) is 7.36. The van der Waals surface area contributed by atoms with E-state index in [4.69, 9.17) is 5.84 Å². The summed E-state index contributed by atoms with van der Waals surface area (Å²) in [6.07, 6.45) is 4.48. The molecule has 2 amide bonds. The van der Waals surface area contributed by atoms with Crippen molar-refractivity contribution in [2.24, 2.45) is 11.8 Å². The molecule has 190 valence electrons. The molecular formula is C28H23N5O4S. The molecule has 1 aliphatic rings. The van der Waals surface area contributed by atoms with Crippen LogP contribution in [0.15, 0.2) is 60.9 Å². The molecule has 4 heterocycles. The second kappa shape index (κ2) is 10.8. The molecule has 0 radical (unpaired) electrons. The van der Waals surface area contributed by atoms with Crippen molar-refractivity contribution in [1.82, 2.24) is 20.3 Å². The van der Waals surface area contributed by atoms with Gasteiger partial charge in [0.05, 0.1) is 32.4 Å². The van der Waals surface area contributed by atoms with Gasteiger partial charge in [-0.05, 0) is 49.2 Å². The quantitative estimate of drug-likeness (QED) is 0.161. The van der Waals surface area contributed by atoms with Crippen LogP contribution in [-0.2, 0) is 4.79 Å². The first-order chi connectivity index (χ1) is 18.4. The maximum absolute atomic E-state index is 12.8. The number of nitrogens with two attached hydrogens (primary N) is 1. The molecule has 4 aromatic rings. The molecule has 9 nitrogen and oxygen atoms in total. The predicted octanol–water partition coefficient (Wildman–Crippen LogP) is 3.30. The molecule has 1 unspecified atom stereocenters. The number of carbonyl (C=O) groups excluding carboxylic acids is 2. The highest BCUT2D eigenvalue weighted by molar-refractivity contribution is 7.14. The molecule has 0 aliphatic carbocycles. The van der Waals surface area contributed by atoms with Gasteiger partial charge in [0.15, 0.2) is 0 Å². The van der Waals surface area contributed by atoms with Crippen LogP contribution in [0.3, 0.4) is 0 Å². The summed E-state index contributed by atoms with van der Waals surface area (Å²) in [6, 6.07) is 14.4. The Kier molecular flexibility index (Phi) is 7.13. The van der Waals surface area contributed by atoms with Gasteiger partial charge in [-0.1, -0.05) is 24.0 Å². The standard InChI is InChI=1S/C28H23N5O4S/c29-32-26(34)21-14-24(31-23-11-12-30-15-22(21)23)18-6-3-17(4-7-18)5-8-20-9-10-25(38-20)27(35)33-13-1-2-19(16-33)28(36)37/h3-4,6-7,9-12,14-15,19H,1-2,13,16,29H2,(H,32,34)(H,36,37). The number of nitrogens with one attached hydrogen (secondary N) is 1. The number of pyridine rings is 2. The minimum absolute atomic E-state index is 0.153. The molecule has 38 heavy (non-hydrogen) atoms. The van der Waals surface area contributed by atoms with E-state index in [0.29, 0.717) is 46.4 Å². The van der Waals surface area contributed by atoms with Crippen molar-refractivity contribution in [1.29, 1.82) is 0 Å². The van der Waals surface area contributed by atoms with Crippen molar-refractivity contribution >= 4 is 40.0 Å². The number of benzene rings is 1. The number of nitrogen functional groups attached to an aromatic ring is 1. The zero-order valence-corrected chi connectivity index (χ0v) is 21.0. The Balaban J connectivity index is 1.32.